The number of allylic oxidation sites excluding steroid dienone is 2. The van der Waals surface area contributed by atoms with E-state index in [1.54, 1.807) is 18.2 Å². The molecule has 0 amide bonds. The van der Waals surface area contributed by atoms with E-state index in [1.807, 2.05) is 0 Å². The minimum atomic E-state index is -4.03. The molecule has 84 valence electrons. The lowest BCUT2D eigenvalue weighted by molar-refractivity contribution is -0.128. The van der Waals surface area contributed by atoms with Gasteiger partial charge in [-0.25, -0.2) is 4.79 Å². The van der Waals surface area contributed by atoms with E-state index in [2.05, 4.69) is 10.8 Å². The van der Waals surface area contributed by atoms with E-state index in [0.29, 0.717) is 0 Å². The zero-order chi connectivity index (χ0) is 12.0. The van der Waals surface area contributed by atoms with Crippen molar-refractivity contribution in [3.8, 4) is 0 Å². The molecule has 0 unspecified atom stereocenters. The van der Waals surface area contributed by atoms with Crippen LogP contribution in [0.1, 0.15) is 0 Å². The van der Waals surface area contributed by atoms with Gasteiger partial charge in [0, 0.05) is 6.08 Å². The van der Waals surface area contributed by atoms with Crippen molar-refractivity contribution in [2.75, 3.05) is 0 Å². The first-order valence-electron chi connectivity index (χ1n) is 4.39. The lowest BCUT2D eigenvalue weighted by Crippen LogP contribution is -2.11. The molecule has 16 heavy (non-hydrogen) atoms. The number of benzene rings is 1. The molecular formula is C11H10O4S. The van der Waals surface area contributed by atoms with E-state index >= 15 is 0 Å². The summed E-state index contributed by atoms with van der Waals surface area (Å²) in [5.74, 6) is -0.955. The lowest BCUT2D eigenvalue weighted by atomic mass is 10.4. The van der Waals surface area contributed by atoms with Gasteiger partial charge in [0.2, 0.25) is 0 Å². The molecule has 0 aliphatic carbocycles. The smallest absolute Gasteiger partial charge is 0.338 e. The van der Waals surface area contributed by atoms with Crippen LogP contribution in [0.4, 0.5) is 0 Å². The monoisotopic (exact) mass is 238 g/mol. The van der Waals surface area contributed by atoms with Crippen molar-refractivity contribution in [1.29, 1.82) is 0 Å². The van der Waals surface area contributed by atoms with Gasteiger partial charge in [0.1, 0.15) is 4.90 Å². The number of carbonyl (C=O) groups excluding carboxylic acids is 1. The first-order chi connectivity index (χ1) is 7.56. The molecule has 0 saturated heterocycles. The van der Waals surface area contributed by atoms with Gasteiger partial charge in [-0.15, -0.1) is 0 Å². The highest BCUT2D eigenvalue weighted by atomic mass is 32.2. The Balaban J connectivity index is 2.85. The number of hydrogen-bond donors (Lipinski definition) is 0. The van der Waals surface area contributed by atoms with E-state index in [0.717, 1.165) is 6.08 Å². The van der Waals surface area contributed by atoms with Gasteiger partial charge in [-0.3, -0.25) is 0 Å². The van der Waals surface area contributed by atoms with E-state index in [1.165, 1.54) is 24.3 Å². The van der Waals surface area contributed by atoms with Crippen LogP contribution in [0, 0.1) is 0 Å². The van der Waals surface area contributed by atoms with Crippen LogP contribution in [-0.4, -0.2) is 14.4 Å². The summed E-state index contributed by atoms with van der Waals surface area (Å²) in [6.45, 7) is 3.34. The third-order valence-corrected chi connectivity index (χ3v) is 2.83. The molecule has 0 spiro atoms. The lowest BCUT2D eigenvalue weighted by Gasteiger charge is -2.02. The Hall–Kier alpha value is -1.88. The molecule has 1 aromatic rings. The van der Waals surface area contributed by atoms with Crippen molar-refractivity contribution in [2.45, 2.75) is 4.90 Å². The van der Waals surface area contributed by atoms with E-state index in [-0.39, 0.29) is 4.90 Å². The first-order valence-corrected chi connectivity index (χ1v) is 5.79. The summed E-state index contributed by atoms with van der Waals surface area (Å²) in [4.78, 5) is 11.0. The Labute approximate surface area is 94.0 Å². The first kappa shape index (κ1) is 12.2. The fraction of sp³-hybridized carbons (Fsp3) is 0. The summed E-state index contributed by atoms with van der Waals surface area (Å²) in [6, 6.07) is 7.44. The van der Waals surface area contributed by atoms with Crippen molar-refractivity contribution < 1.29 is 17.4 Å². The second kappa shape index (κ2) is 5.27. The third-order valence-electron chi connectivity index (χ3n) is 1.59. The minimum absolute atomic E-state index is 0.0599. The van der Waals surface area contributed by atoms with Crippen LogP contribution in [0.3, 0.4) is 0 Å². The molecule has 0 aliphatic rings. The molecule has 1 aromatic carbocycles. The fourth-order valence-corrected chi connectivity index (χ4v) is 1.78. The van der Waals surface area contributed by atoms with Crippen molar-refractivity contribution >= 4 is 16.1 Å². The van der Waals surface area contributed by atoms with Crippen molar-refractivity contribution in [2.24, 2.45) is 0 Å². The number of rotatable bonds is 4. The molecule has 0 fully saturated rings. The van der Waals surface area contributed by atoms with Gasteiger partial charge in [-0.2, -0.15) is 8.42 Å². The molecule has 0 bridgehead atoms. The van der Waals surface area contributed by atoms with Crippen LogP contribution in [0.15, 0.2) is 60.0 Å². The number of carbonyl (C=O) groups is 1. The van der Waals surface area contributed by atoms with Crippen LogP contribution in [0.25, 0.3) is 0 Å². The van der Waals surface area contributed by atoms with Gasteiger partial charge in [-0.05, 0) is 12.1 Å². The van der Waals surface area contributed by atoms with Gasteiger partial charge < -0.3 is 4.18 Å². The normalized spacial score (nSPS) is 11.2. The van der Waals surface area contributed by atoms with E-state index in [4.69, 9.17) is 0 Å². The largest absolute Gasteiger partial charge is 0.346 e. The van der Waals surface area contributed by atoms with Gasteiger partial charge in [0.15, 0.2) is 0 Å². The zero-order valence-electron chi connectivity index (χ0n) is 8.37. The molecule has 1 rings (SSSR count). The van der Waals surface area contributed by atoms with Crippen LogP contribution in [-0.2, 0) is 19.1 Å². The molecule has 0 N–H and O–H groups in total. The molecule has 0 aliphatic heterocycles. The molecule has 0 atom stereocenters. The Kier molecular flexibility index (Phi) is 4.02. The second-order valence-corrected chi connectivity index (χ2v) is 4.31. The zero-order valence-corrected chi connectivity index (χ0v) is 9.18. The minimum Gasteiger partial charge on any atom is -0.338 e. The predicted octanol–water partition coefficient (Wildman–Crippen LogP) is 1.66. The van der Waals surface area contributed by atoms with Gasteiger partial charge in [0.25, 0.3) is 0 Å². The summed E-state index contributed by atoms with van der Waals surface area (Å²) in [5, 5.41) is 0. The molecule has 0 saturated carbocycles. The quantitative estimate of drug-likeness (QED) is 0.454. The van der Waals surface area contributed by atoms with Gasteiger partial charge >= 0.3 is 16.1 Å². The van der Waals surface area contributed by atoms with Crippen LogP contribution in [0.2, 0.25) is 0 Å². The molecule has 0 radical (unpaired) electrons. The highest BCUT2D eigenvalue weighted by Gasteiger charge is 2.17. The maximum Gasteiger partial charge on any atom is 0.346 e. The molecule has 5 heteroatoms. The van der Waals surface area contributed by atoms with Crippen molar-refractivity contribution in [3.05, 3.63) is 55.1 Å². The second-order valence-electron chi connectivity index (χ2n) is 2.76. The maximum absolute atomic E-state index is 11.5. The Morgan fingerprint density at radius 1 is 1.25 bits per heavy atom. The summed E-state index contributed by atoms with van der Waals surface area (Å²) in [6.07, 6.45) is 3.62. The van der Waals surface area contributed by atoms with Crippen molar-refractivity contribution in [3.63, 3.8) is 0 Å². The Morgan fingerprint density at radius 2 is 1.88 bits per heavy atom. The summed E-state index contributed by atoms with van der Waals surface area (Å²) in [7, 11) is -4.03. The highest BCUT2D eigenvalue weighted by Crippen LogP contribution is 2.11. The molecule has 0 aromatic heterocycles. The summed E-state index contributed by atoms with van der Waals surface area (Å²) < 4.78 is 27.3. The average Bonchev–Trinajstić information content (AvgIpc) is 2.27. The van der Waals surface area contributed by atoms with Crippen molar-refractivity contribution in [1.82, 2.24) is 0 Å². The average molecular weight is 238 g/mol. The van der Waals surface area contributed by atoms with E-state index < -0.39 is 16.1 Å². The van der Waals surface area contributed by atoms with Crippen LogP contribution in [0.5, 0.6) is 0 Å². The Morgan fingerprint density at radius 3 is 2.44 bits per heavy atom. The highest BCUT2D eigenvalue weighted by molar-refractivity contribution is 7.87. The van der Waals surface area contributed by atoms with Crippen LogP contribution >= 0.6 is 0 Å². The maximum atomic E-state index is 11.5. The molecule has 0 heterocycles. The predicted molar refractivity (Wildman–Crippen MR) is 59.1 cm³/mol. The summed E-state index contributed by atoms with van der Waals surface area (Å²) in [5.41, 5.74) is 0. The van der Waals surface area contributed by atoms with Gasteiger partial charge in [0.05, 0.1) is 0 Å². The standard InChI is InChI=1S/C11H10O4S/c1-2-3-9-11(12)15-16(13,14)10-7-5-4-6-8-10/h2-9H,1H2. The summed E-state index contributed by atoms with van der Waals surface area (Å²) >= 11 is 0. The Bertz CT molecular complexity index is 500. The fourth-order valence-electron chi connectivity index (χ4n) is 0.918. The third kappa shape index (κ3) is 3.36. The topological polar surface area (TPSA) is 60.4 Å². The SMILES string of the molecule is C=CC=CC(=O)OS(=O)(=O)c1ccccc1. The van der Waals surface area contributed by atoms with Gasteiger partial charge in [-0.1, -0.05) is 36.9 Å². The van der Waals surface area contributed by atoms with Crippen LogP contribution < -0.4 is 0 Å². The van der Waals surface area contributed by atoms with E-state index in [9.17, 15) is 13.2 Å². The number of hydrogen-bond acceptors (Lipinski definition) is 4. The molecular weight excluding hydrogens is 228 g/mol. The molecule has 4 nitrogen and oxygen atoms in total.